The Bertz CT molecular complexity index is 1690. The lowest BCUT2D eigenvalue weighted by Crippen LogP contribution is -2.34. The number of anilines is 2. The van der Waals surface area contributed by atoms with Gasteiger partial charge in [0.2, 0.25) is 11.7 Å². The van der Waals surface area contributed by atoms with Crippen LogP contribution in [0.3, 0.4) is 0 Å². The van der Waals surface area contributed by atoms with Crippen LogP contribution in [-0.2, 0) is 10.2 Å². The van der Waals surface area contributed by atoms with Crippen molar-refractivity contribution in [3.05, 3.63) is 65.7 Å². The molecule has 216 valence electrons. The first-order valence-electron chi connectivity index (χ1n) is 13.4. The van der Waals surface area contributed by atoms with Crippen molar-refractivity contribution in [2.24, 2.45) is 5.92 Å². The number of ketones is 1. The lowest BCUT2D eigenvalue weighted by atomic mass is 9.95. The summed E-state index contributed by atoms with van der Waals surface area (Å²) in [5.41, 5.74) is 0.192. The van der Waals surface area contributed by atoms with E-state index >= 15 is 4.39 Å². The predicted octanol–water partition coefficient (Wildman–Crippen LogP) is 4.76. The number of H-pyrrole nitrogens is 1. The fraction of sp³-hybridized carbons (Fsp3) is 0.357. The molecule has 0 saturated carbocycles. The molecule has 0 bridgehead atoms. The van der Waals surface area contributed by atoms with Crippen molar-refractivity contribution < 1.29 is 22.0 Å². The summed E-state index contributed by atoms with van der Waals surface area (Å²) in [7, 11) is -2.80. The number of aromatic amines is 1. The smallest absolute Gasteiger partial charge is 0.301 e. The molecule has 0 aliphatic carbocycles. The summed E-state index contributed by atoms with van der Waals surface area (Å²) in [5, 5.41) is 0.341. The molecule has 1 aromatic carbocycles. The minimum Gasteiger partial charge on any atom is -0.345 e. The Balaban J connectivity index is 1.44. The van der Waals surface area contributed by atoms with Gasteiger partial charge in [-0.3, -0.25) is 9.52 Å². The largest absolute Gasteiger partial charge is 0.345 e. The van der Waals surface area contributed by atoms with Crippen molar-refractivity contribution in [1.82, 2.24) is 24.2 Å². The zero-order valence-electron chi connectivity index (χ0n) is 23.0. The van der Waals surface area contributed by atoms with Gasteiger partial charge in [0.15, 0.2) is 5.82 Å². The second kappa shape index (κ2) is 11.5. The fourth-order valence-corrected chi connectivity index (χ4v) is 5.82. The van der Waals surface area contributed by atoms with Crippen LogP contribution in [0.4, 0.5) is 20.4 Å². The van der Waals surface area contributed by atoms with Gasteiger partial charge in [-0.25, -0.2) is 23.7 Å². The molecule has 0 atom stereocenters. The fourth-order valence-electron chi connectivity index (χ4n) is 4.88. The number of aromatic nitrogens is 4. The Labute approximate surface area is 237 Å². The van der Waals surface area contributed by atoms with Crippen LogP contribution in [-0.4, -0.2) is 65.1 Å². The molecule has 4 aromatic rings. The van der Waals surface area contributed by atoms with Crippen molar-refractivity contribution >= 4 is 38.7 Å². The van der Waals surface area contributed by atoms with Gasteiger partial charge in [-0.2, -0.15) is 12.7 Å². The summed E-state index contributed by atoms with van der Waals surface area (Å²) in [6, 6.07) is 3.46. The molecule has 0 amide bonds. The number of halogens is 2. The van der Waals surface area contributed by atoms with Gasteiger partial charge in [0, 0.05) is 73.5 Å². The van der Waals surface area contributed by atoms with Gasteiger partial charge < -0.3 is 9.88 Å². The predicted molar refractivity (Wildman–Crippen MR) is 153 cm³/mol. The zero-order valence-corrected chi connectivity index (χ0v) is 23.8. The lowest BCUT2D eigenvalue weighted by molar-refractivity contribution is 0.103. The number of nitrogens with zero attached hydrogens (tertiary/aromatic N) is 5. The normalized spacial score (nSPS) is 14.6. The molecule has 0 radical (unpaired) electrons. The molecule has 2 N–H and O–H groups in total. The Morgan fingerprint density at radius 3 is 2.44 bits per heavy atom. The quantitative estimate of drug-likeness (QED) is 0.272. The first kappa shape index (κ1) is 28.6. The number of piperidine rings is 1. The van der Waals surface area contributed by atoms with Crippen LogP contribution in [0.15, 0.2) is 43.0 Å². The molecule has 4 heterocycles. The van der Waals surface area contributed by atoms with Crippen LogP contribution in [0.5, 0.6) is 0 Å². The molecule has 10 nitrogen and oxygen atoms in total. The molecule has 13 heteroatoms. The number of hydrogen-bond donors (Lipinski definition) is 2. The minimum atomic E-state index is -4.10. The molecule has 0 spiro atoms. The number of pyridine rings is 1. The molecule has 1 fully saturated rings. The summed E-state index contributed by atoms with van der Waals surface area (Å²) >= 11 is 0. The highest BCUT2D eigenvalue weighted by molar-refractivity contribution is 7.90. The standard InChI is InChI=1S/C28H31F2N7O3S/c1-4-17-8-10-37(11-9-17)28-33-14-19(15-34-28)18-12-20-21(16-32-27(20)31-13-18)26(38)24-22(29)6-7-23(25(24)30)35-41(39,40)36(3)5-2/h6-7,12-17,35H,4-5,8-11H2,1-3H3,(H,31,32). The van der Waals surface area contributed by atoms with Crippen LogP contribution in [0.25, 0.3) is 22.2 Å². The Morgan fingerprint density at radius 2 is 1.78 bits per heavy atom. The maximum Gasteiger partial charge on any atom is 0.301 e. The molecule has 0 unspecified atom stereocenters. The van der Waals surface area contributed by atoms with Gasteiger partial charge >= 0.3 is 10.2 Å². The molecule has 1 aliphatic rings. The third-order valence-electron chi connectivity index (χ3n) is 7.63. The van der Waals surface area contributed by atoms with Gasteiger partial charge in [0.05, 0.1) is 11.3 Å². The van der Waals surface area contributed by atoms with Crippen LogP contribution in [0.2, 0.25) is 0 Å². The first-order valence-corrected chi connectivity index (χ1v) is 14.9. The van der Waals surface area contributed by atoms with Crippen molar-refractivity contribution in [3.8, 4) is 11.1 Å². The maximum absolute atomic E-state index is 15.4. The topological polar surface area (TPSA) is 124 Å². The van der Waals surface area contributed by atoms with E-state index in [0.29, 0.717) is 28.1 Å². The van der Waals surface area contributed by atoms with E-state index in [9.17, 15) is 17.6 Å². The highest BCUT2D eigenvalue weighted by atomic mass is 32.2. The van der Waals surface area contributed by atoms with E-state index in [0.717, 1.165) is 48.3 Å². The molecular formula is C28H31F2N7O3S. The molecule has 3 aromatic heterocycles. The summed E-state index contributed by atoms with van der Waals surface area (Å²) in [5.74, 6) is -2.00. The summed E-state index contributed by atoms with van der Waals surface area (Å²) in [4.78, 5) is 31.9. The number of fused-ring (bicyclic) bond motifs is 1. The van der Waals surface area contributed by atoms with Crippen molar-refractivity contribution in [2.75, 3.05) is 36.3 Å². The lowest BCUT2D eigenvalue weighted by Gasteiger charge is -2.31. The number of benzene rings is 1. The second-order valence-corrected chi connectivity index (χ2v) is 11.8. The third kappa shape index (κ3) is 5.64. The van der Waals surface area contributed by atoms with E-state index in [2.05, 4.69) is 36.5 Å². The number of carbonyl (C=O) groups excluding carboxylic acids is 1. The maximum atomic E-state index is 15.4. The first-order chi connectivity index (χ1) is 19.6. The van der Waals surface area contributed by atoms with Gasteiger partial charge in [-0.1, -0.05) is 20.3 Å². The molecule has 5 rings (SSSR count). The minimum absolute atomic E-state index is 0.0193. The highest BCUT2D eigenvalue weighted by Crippen LogP contribution is 2.30. The summed E-state index contributed by atoms with van der Waals surface area (Å²) in [6.07, 6.45) is 9.69. The van der Waals surface area contributed by atoms with Gasteiger partial charge in [-0.05, 0) is 37.0 Å². The molecule has 1 saturated heterocycles. The van der Waals surface area contributed by atoms with Crippen molar-refractivity contribution in [3.63, 3.8) is 0 Å². The Morgan fingerprint density at radius 1 is 1.10 bits per heavy atom. The summed E-state index contributed by atoms with van der Waals surface area (Å²) < 4.78 is 58.0. The zero-order chi connectivity index (χ0) is 29.3. The van der Waals surface area contributed by atoms with Crippen molar-refractivity contribution in [2.45, 2.75) is 33.1 Å². The van der Waals surface area contributed by atoms with Gasteiger partial charge in [0.25, 0.3) is 0 Å². The Hall–Kier alpha value is -3.97. The van der Waals surface area contributed by atoms with Crippen LogP contribution in [0.1, 0.15) is 49.0 Å². The Kier molecular flexibility index (Phi) is 8.00. The van der Waals surface area contributed by atoms with E-state index in [-0.39, 0.29) is 12.1 Å². The number of hydrogen-bond acceptors (Lipinski definition) is 7. The number of rotatable bonds is 9. The number of carbonyl (C=O) groups is 1. The van der Waals surface area contributed by atoms with E-state index in [1.165, 1.54) is 19.7 Å². The van der Waals surface area contributed by atoms with Gasteiger partial charge in [0.1, 0.15) is 11.5 Å². The molecular weight excluding hydrogens is 552 g/mol. The van der Waals surface area contributed by atoms with Crippen molar-refractivity contribution in [1.29, 1.82) is 0 Å². The molecule has 41 heavy (non-hydrogen) atoms. The average Bonchev–Trinajstić information content (AvgIpc) is 3.41. The van der Waals surface area contributed by atoms with Gasteiger partial charge in [-0.15, -0.1) is 0 Å². The summed E-state index contributed by atoms with van der Waals surface area (Å²) in [6.45, 7) is 5.75. The number of nitrogens with one attached hydrogen (secondary N) is 2. The second-order valence-electron chi connectivity index (χ2n) is 10.1. The van der Waals surface area contributed by atoms with E-state index < -0.39 is 38.9 Å². The van der Waals surface area contributed by atoms with Crippen LogP contribution in [0, 0.1) is 17.6 Å². The van der Waals surface area contributed by atoms with E-state index in [1.54, 1.807) is 31.6 Å². The monoisotopic (exact) mass is 583 g/mol. The third-order valence-corrected chi connectivity index (χ3v) is 9.19. The highest BCUT2D eigenvalue weighted by Gasteiger charge is 2.27. The van der Waals surface area contributed by atoms with E-state index in [1.807, 2.05) is 0 Å². The average molecular weight is 584 g/mol. The van der Waals surface area contributed by atoms with Crippen LogP contribution >= 0.6 is 0 Å². The SMILES string of the molecule is CCC1CCN(c2ncc(-c3cnc4[nH]cc(C(=O)c5c(F)ccc(NS(=O)(=O)N(C)CC)c5F)c4c3)cn2)CC1. The van der Waals surface area contributed by atoms with Crippen LogP contribution < -0.4 is 9.62 Å². The van der Waals surface area contributed by atoms with E-state index in [4.69, 9.17) is 0 Å². The molecule has 1 aliphatic heterocycles.